The fourth-order valence-corrected chi connectivity index (χ4v) is 3.49. The molecule has 4 rings (SSSR count). The Morgan fingerprint density at radius 1 is 1.10 bits per heavy atom. The van der Waals surface area contributed by atoms with Crippen LogP contribution in [0.2, 0.25) is 5.02 Å². The number of aryl methyl sites for hydroxylation is 1. The first-order chi connectivity index (χ1) is 14.4. The molecular formula is C23H17ClFN3O2. The number of rotatable bonds is 4. The fraction of sp³-hybridized carbons (Fsp3) is 0.0870. The Morgan fingerprint density at radius 3 is 2.60 bits per heavy atom. The van der Waals surface area contributed by atoms with E-state index < -0.39 is 11.6 Å². The molecule has 0 spiro atoms. The molecule has 0 radical (unpaired) electrons. The average molecular weight is 422 g/mol. The van der Waals surface area contributed by atoms with Gasteiger partial charge in [0.2, 0.25) is 5.91 Å². The van der Waals surface area contributed by atoms with Gasteiger partial charge in [-0.25, -0.2) is 9.18 Å². The van der Waals surface area contributed by atoms with Gasteiger partial charge in [-0.05, 0) is 48.9 Å². The number of halogens is 2. The van der Waals surface area contributed by atoms with Crippen molar-refractivity contribution in [1.82, 2.24) is 9.55 Å². The topological polar surface area (TPSA) is 64.0 Å². The van der Waals surface area contributed by atoms with Crippen LogP contribution >= 0.6 is 11.6 Å². The second-order valence-corrected chi connectivity index (χ2v) is 7.30. The van der Waals surface area contributed by atoms with E-state index in [-0.39, 0.29) is 12.4 Å². The number of hydrogen-bond acceptors (Lipinski definition) is 3. The third-order valence-corrected chi connectivity index (χ3v) is 4.99. The number of carbonyl (C=O) groups excluding carboxylic acids is 1. The van der Waals surface area contributed by atoms with Gasteiger partial charge < -0.3 is 5.32 Å². The Kier molecular flexibility index (Phi) is 5.33. The summed E-state index contributed by atoms with van der Waals surface area (Å²) in [6, 6.07) is 18.5. The van der Waals surface area contributed by atoms with Gasteiger partial charge >= 0.3 is 5.69 Å². The van der Waals surface area contributed by atoms with Gasteiger partial charge in [0.1, 0.15) is 12.4 Å². The molecule has 1 aromatic heterocycles. The van der Waals surface area contributed by atoms with Crippen LogP contribution in [0, 0.1) is 12.7 Å². The number of nitrogens with one attached hydrogen (secondary N) is 1. The van der Waals surface area contributed by atoms with E-state index in [1.807, 2.05) is 30.3 Å². The highest BCUT2D eigenvalue weighted by Crippen LogP contribution is 2.27. The van der Waals surface area contributed by atoms with Gasteiger partial charge in [-0.2, -0.15) is 4.98 Å². The first-order valence-electron chi connectivity index (χ1n) is 9.24. The molecular weight excluding hydrogens is 405 g/mol. The van der Waals surface area contributed by atoms with Gasteiger partial charge in [0, 0.05) is 21.7 Å². The average Bonchev–Trinajstić information content (AvgIpc) is 2.72. The van der Waals surface area contributed by atoms with Gasteiger partial charge in [0.05, 0.1) is 11.2 Å². The second kappa shape index (κ2) is 8.08. The summed E-state index contributed by atoms with van der Waals surface area (Å²) in [5, 5.41) is 3.88. The fourth-order valence-electron chi connectivity index (χ4n) is 3.32. The van der Waals surface area contributed by atoms with E-state index in [0.717, 1.165) is 5.56 Å². The van der Waals surface area contributed by atoms with Gasteiger partial charge in [-0.1, -0.05) is 41.9 Å². The summed E-state index contributed by atoms with van der Waals surface area (Å²) < 4.78 is 14.6. The smallest absolute Gasteiger partial charge is 0.324 e. The van der Waals surface area contributed by atoms with Crippen LogP contribution < -0.4 is 11.0 Å². The molecule has 0 bridgehead atoms. The Morgan fingerprint density at radius 2 is 1.87 bits per heavy atom. The minimum atomic E-state index is -0.547. The molecule has 0 aliphatic rings. The summed E-state index contributed by atoms with van der Waals surface area (Å²) in [6.45, 7) is 1.45. The third-order valence-electron chi connectivity index (χ3n) is 4.75. The predicted octanol–water partition coefficient (Wildman–Crippen LogP) is 4.80. The van der Waals surface area contributed by atoms with Crippen molar-refractivity contribution in [2.45, 2.75) is 13.5 Å². The maximum absolute atomic E-state index is 13.3. The highest BCUT2D eigenvalue weighted by atomic mass is 35.5. The first-order valence-corrected chi connectivity index (χ1v) is 9.62. The molecule has 1 heterocycles. The van der Waals surface area contributed by atoms with Crippen molar-refractivity contribution in [2.24, 2.45) is 0 Å². The number of benzene rings is 3. The number of aromatic nitrogens is 2. The van der Waals surface area contributed by atoms with Crippen molar-refractivity contribution >= 4 is 34.1 Å². The van der Waals surface area contributed by atoms with Crippen LogP contribution in [-0.4, -0.2) is 15.5 Å². The zero-order chi connectivity index (χ0) is 21.3. The van der Waals surface area contributed by atoms with Crippen LogP contribution in [0.1, 0.15) is 5.56 Å². The maximum Gasteiger partial charge on any atom is 0.349 e. The van der Waals surface area contributed by atoms with E-state index in [1.54, 1.807) is 25.1 Å². The van der Waals surface area contributed by atoms with Gasteiger partial charge in [-0.15, -0.1) is 0 Å². The summed E-state index contributed by atoms with van der Waals surface area (Å²) in [6.07, 6.45) is 0. The molecule has 0 atom stereocenters. The van der Waals surface area contributed by atoms with E-state index in [0.29, 0.717) is 32.9 Å². The van der Waals surface area contributed by atoms with Crippen LogP contribution in [0.5, 0.6) is 0 Å². The highest BCUT2D eigenvalue weighted by molar-refractivity contribution is 6.31. The summed E-state index contributed by atoms with van der Waals surface area (Å²) in [4.78, 5) is 29.6. The summed E-state index contributed by atoms with van der Waals surface area (Å²) in [7, 11) is 0. The van der Waals surface area contributed by atoms with Gasteiger partial charge in [0.15, 0.2) is 0 Å². The molecule has 1 amide bonds. The molecule has 150 valence electrons. The van der Waals surface area contributed by atoms with E-state index in [9.17, 15) is 14.0 Å². The SMILES string of the molecule is Cc1cc(F)ccc1NC(=O)Cn1c(=O)nc(-c2ccccc2)c2cc(Cl)ccc21. The Hall–Kier alpha value is -3.51. The van der Waals surface area contributed by atoms with Crippen molar-refractivity contribution < 1.29 is 9.18 Å². The van der Waals surface area contributed by atoms with Crippen LogP contribution in [0.15, 0.2) is 71.5 Å². The standard InChI is InChI=1S/C23H17ClFN3O2/c1-14-11-17(25)8-9-19(14)26-21(29)13-28-20-10-7-16(24)12-18(20)22(27-23(28)30)15-5-3-2-4-6-15/h2-12H,13H2,1H3,(H,26,29). The Bertz CT molecular complexity index is 1320. The molecule has 0 saturated heterocycles. The molecule has 0 unspecified atom stereocenters. The van der Waals surface area contributed by atoms with Crippen LogP contribution in [0.3, 0.4) is 0 Å². The van der Waals surface area contributed by atoms with Crippen molar-refractivity contribution in [3.05, 3.63) is 93.6 Å². The molecule has 30 heavy (non-hydrogen) atoms. The maximum atomic E-state index is 13.3. The number of fused-ring (bicyclic) bond motifs is 1. The van der Waals surface area contributed by atoms with Crippen molar-refractivity contribution in [1.29, 1.82) is 0 Å². The lowest BCUT2D eigenvalue weighted by Crippen LogP contribution is -2.30. The van der Waals surface area contributed by atoms with Crippen molar-refractivity contribution in [2.75, 3.05) is 5.32 Å². The molecule has 5 nitrogen and oxygen atoms in total. The van der Waals surface area contributed by atoms with Crippen LogP contribution in [-0.2, 0) is 11.3 Å². The molecule has 0 fully saturated rings. The van der Waals surface area contributed by atoms with E-state index in [1.165, 1.54) is 22.8 Å². The van der Waals surface area contributed by atoms with E-state index in [4.69, 9.17) is 11.6 Å². The lowest BCUT2D eigenvalue weighted by molar-refractivity contribution is -0.116. The van der Waals surface area contributed by atoms with Crippen LogP contribution in [0.4, 0.5) is 10.1 Å². The number of carbonyl (C=O) groups is 1. The molecule has 4 aromatic rings. The second-order valence-electron chi connectivity index (χ2n) is 6.86. The number of nitrogens with zero attached hydrogens (tertiary/aromatic N) is 2. The lowest BCUT2D eigenvalue weighted by Gasteiger charge is -2.14. The number of anilines is 1. The zero-order valence-corrected chi connectivity index (χ0v) is 16.8. The summed E-state index contributed by atoms with van der Waals surface area (Å²) in [5.74, 6) is -0.803. The molecule has 3 aromatic carbocycles. The number of hydrogen-bond donors (Lipinski definition) is 1. The zero-order valence-electron chi connectivity index (χ0n) is 16.0. The van der Waals surface area contributed by atoms with Crippen molar-refractivity contribution in [3.8, 4) is 11.3 Å². The summed E-state index contributed by atoms with van der Waals surface area (Å²) >= 11 is 6.19. The molecule has 0 aliphatic carbocycles. The van der Waals surface area contributed by atoms with Crippen molar-refractivity contribution in [3.63, 3.8) is 0 Å². The monoisotopic (exact) mass is 421 g/mol. The van der Waals surface area contributed by atoms with Gasteiger partial charge in [0.25, 0.3) is 0 Å². The molecule has 0 aliphatic heterocycles. The highest BCUT2D eigenvalue weighted by Gasteiger charge is 2.15. The largest absolute Gasteiger partial charge is 0.349 e. The molecule has 7 heteroatoms. The minimum Gasteiger partial charge on any atom is -0.324 e. The predicted molar refractivity (Wildman–Crippen MR) is 116 cm³/mol. The van der Waals surface area contributed by atoms with Crippen LogP contribution in [0.25, 0.3) is 22.2 Å². The number of amides is 1. The van der Waals surface area contributed by atoms with E-state index >= 15 is 0 Å². The Balaban J connectivity index is 1.75. The van der Waals surface area contributed by atoms with E-state index in [2.05, 4.69) is 10.3 Å². The quantitative estimate of drug-likeness (QED) is 0.514. The molecule has 1 N–H and O–H groups in total. The first kappa shape index (κ1) is 19.8. The summed E-state index contributed by atoms with van der Waals surface area (Å²) in [5.41, 5.74) is 2.35. The molecule has 0 saturated carbocycles. The normalized spacial score (nSPS) is 10.9. The minimum absolute atomic E-state index is 0.240. The lowest BCUT2D eigenvalue weighted by atomic mass is 10.1. The van der Waals surface area contributed by atoms with Gasteiger partial charge in [-0.3, -0.25) is 9.36 Å². The third kappa shape index (κ3) is 3.95. The Labute approximate surface area is 176 Å².